The number of benzene rings is 1. The van der Waals surface area contributed by atoms with Gasteiger partial charge >= 0.3 is 6.18 Å². The molecule has 3 nitrogen and oxygen atoms in total. The topological polar surface area (TPSA) is 36.3 Å². The Labute approximate surface area is 115 Å². The lowest BCUT2D eigenvalue weighted by Gasteiger charge is -2.25. The molecular weight excluding hydrogens is 269 g/mol. The van der Waals surface area contributed by atoms with Crippen LogP contribution in [-0.2, 0) is 10.9 Å². The van der Waals surface area contributed by atoms with Gasteiger partial charge in [-0.15, -0.1) is 0 Å². The minimum atomic E-state index is -4.52. The van der Waals surface area contributed by atoms with Crippen molar-refractivity contribution in [1.29, 1.82) is 5.26 Å². The Hall–Kier alpha value is -1.74. The normalized spacial score (nSPS) is 14.9. The van der Waals surface area contributed by atoms with Crippen LogP contribution >= 0.6 is 0 Å². The van der Waals surface area contributed by atoms with Gasteiger partial charge in [-0.2, -0.15) is 18.4 Å². The van der Waals surface area contributed by atoms with Crippen LogP contribution in [0.1, 0.15) is 24.0 Å². The molecule has 0 heterocycles. The number of rotatable bonds is 5. The van der Waals surface area contributed by atoms with Crippen molar-refractivity contribution in [2.45, 2.75) is 25.1 Å². The van der Waals surface area contributed by atoms with Crippen LogP contribution in [0.15, 0.2) is 18.2 Å². The molecule has 1 aliphatic carbocycles. The van der Waals surface area contributed by atoms with Crippen molar-refractivity contribution in [3.8, 4) is 6.07 Å². The number of nitriles is 1. The maximum absolute atomic E-state index is 13.0. The lowest BCUT2D eigenvalue weighted by molar-refractivity contribution is -0.137. The molecule has 0 N–H and O–H groups in total. The largest absolute Gasteiger partial charge is 0.417 e. The average molecular weight is 284 g/mol. The molecule has 0 bridgehead atoms. The molecule has 108 valence electrons. The van der Waals surface area contributed by atoms with Gasteiger partial charge in [0.2, 0.25) is 0 Å². The predicted octanol–water partition coefficient (Wildman–Crippen LogP) is 3.19. The first kappa shape index (κ1) is 14.7. The maximum atomic E-state index is 13.0. The van der Waals surface area contributed by atoms with Gasteiger partial charge in [0.1, 0.15) is 0 Å². The molecule has 0 spiro atoms. The highest BCUT2D eigenvalue weighted by atomic mass is 19.4. The van der Waals surface area contributed by atoms with E-state index in [1.807, 2.05) is 4.90 Å². The molecular formula is C14H15F3N2O. The summed E-state index contributed by atoms with van der Waals surface area (Å²) in [4.78, 5) is 1.92. The third-order valence-corrected chi connectivity index (χ3v) is 3.28. The molecule has 20 heavy (non-hydrogen) atoms. The molecule has 0 aliphatic heterocycles. The molecule has 0 aromatic heterocycles. The van der Waals surface area contributed by atoms with Crippen molar-refractivity contribution in [2.24, 2.45) is 0 Å². The SMILES string of the molecule is COCCN(c1ccc(C#N)c(C(F)(F)F)c1)C1CC1. The molecule has 0 atom stereocenters. The summed E-state index contributed by atoms with van der Waals surface area (Å²) in [6.07, 6.45) is -2.56. The van der Waals surface area contributed by atoms with Crippen molar-refractivity contribution >= 4 is 5.69 Å². The first-order chi connectivity index (χ1) is 9.47. The Morgan fingerprint density at radius 3 is 2.60 bits per heavy atom. The zero-order valence-corrected chi connectivity index (χ0v) is 11.1. The number of nitrogens with zero attached hydrogens (tertiary/aromatic N) is 2. The fraction of sp³-hybridized carbons (Fsp3) is 0.500. The van der Waals surface area contributed by atoms with E-state index in [1.54, 1.807) is 19.2 Å². The van der Waals surface area contributed by atoms with Crippen molar-refractivity contribution in [1.82, 2.24) is 0 Å². The Bertz CT molecular complexity index is 518. The van der Waals surface area contributed by atoms with Gasteiger partial charge in [-0.05, 0) is 31.0 Å². The summed E-state index contributed by atoms with van der Waals surface area (Å²) in [7, 11) is 1.56. The van der Waals surface area contributed by atoms with E-state index < -0.39 is 11.7 Å². The van der Waals surface area contributed by atoms with Gasteiger partial charge in [0, 0.05) is 25.4 Å². The standard InChI is InChI=1S/C14H15F3N2O/c1-20-7-6-19(11-4-5-11)12-3-2-10(9-18)13(8-12)14(15,16)17/h2-3,8,11H,4-7H2,1H3. The van der Waals surface area contributed by atoms with Crippen LogP contribution in [0.2, 0.25) is 0 Å². The van der Waals surface area contributed by atoms with Gasteiger partial charge in [0.25, 0.3) is 0 Å². The van der Waals surface area contributed by atoms with Crippen molar-refractivity contribution in [2.75, 3.05) is 25.2 Å². The van der Waals surface area contributed by atoms with Crippen LogP contribution in [0.5, 0.6) is 0 Å². The number of hydrogen-bond donors (Lipinski definition) is 0. The van der Waals surface area contributed by atoms with Crippen LogP contribution in [0.3, 0.4) is 0 Å². The van der Waals surface area contributed by atoms with E-state index >= 15 is 0 Å². The monoisotopic (exact) mass is 284 g/mol. The first-order valence-corrected chi connectivity index (χ1v) is 6.34. The van der Waals surface area contributed by atoms with Gasteiger partial charge in [-0.3, -0.25) is 0 Å². The molecule has 0 amide bonds. The summed E-state index contributed by atoms with van der Waals surface area (Å²) in [6, 6.07) is 5.74. The Balaban J connectivity index is 2.34. The summed E-state index contributed by atoms with van der Waals surface area (Å²) in [5, 5.41) is 8.79. The zero-order chi connectivity index (χ0) is 14.8. The first-order valence-electron chi connectivity index (χ1n) is 6.34. The summed E-state index contributed by atoms with van der Waals surface area (Å²) < 4.78 is 43.9. The molecule has 2 rings (SSSR count). The molecule has 0 unspecified atom stereocenters. The van der Waals surface area contributed by atoms with Crippen molar-refractivity contribution < 1.29 is 17.9 Å². The fourth-order valence-electron chi connectivity index (χ4n) is 2.14. The highest BCUT2D eigenvalue weighted by molar-refractivity contribution is 5.56. The summed E-state index contributed by atoms with van der Waals surface area (Å²) in [6.45, 7) is 1.00. The third kappa shape index (κ3) is 3.23. The molecule has 1 aromatic rings. The van der Waals surface area contributed by atoms with E-state index in [0.717, 1.165) is 18.9 Å². The second-order valence-corrected chi connectivity index (χ2v) is 4.76. The van der Waals surface area contributed by atoms with E-state index in [-0.39, 0.29) is 11.6 Å². The Kier molecular flexibility index (Phi) is 4.19. The van der Waals surface area contributed by atoms with Gasteiger partial charge < -0.3 is 9.64 Å². The van der Waals surface area contributed by atoms with Crippen molar-refractivity contribution in [3.05, 3.63) is 29.3 Å². The zero-order valence-electron chi connectivity index (χ0n) is 11.1. The van der Waals surface area contributed by atoms with E-state index in [2.05, 4.69) is 0 Å². The highest BCUT2D eigenvalue weighted by Gasteiger charge is 2.35. The second-order valence-electron chi connectivity index (χ2n) is 4.76. The highest BCUT2D eigenvalue weighted by Crippen LogP contribution is 2.37. The third-order valence-electron chi connectivity index (χ3n) is 3.28. The van der Waals surface area contributed by atoms with E-state index in [0.29, 0.717) is 18.8 Å². The molecule has 0 saturated heterocycles. The predicted molar refractivity (Wildman–Crippen MR) is 68.4 cm³/mol. The number of methoxy groups -OCH3 is 1. The lowest BCUT2D eigenvalue weighted by Crippen LogP contribution is -2.29. The van der Waals surface area contributed by atoms with E-state index in [1.165, 1.54) is 6.07 Å². The van der Waals surface area contributed by atoms with Gasteiger partial charge in [-0.1, -0.05) is 0 Å². The van der Waals surface area contributed by atoms with Crippen LogP contribution in [0.4, 0.5) is 18.9 Å². The number of ether oxygens (including phenoxy) is 1. The average Bonchev–Trinajstić information content (AvgIpc) is 3.22. The number of hydrogen-bond acceptors (Lipinski definition) is 3. The van der Waals surface area contributed by atoms with Crippen molar-refractivity contribution in [3.63, 3.8) is 0 Å². The summed E-state index contributed by atoms with van der Waals surface area (Å²) >= 11 is 0. The molecule has 1 aliphatic rings. The molecule has 1 aromatic carbocycles. The number of anilines is 1. The van der Waals surface area contributed by atoms with Gasteiger partial charge in [0.05, 0.1) is 23.8 Å². The van der Waals surface area contributed by atoms with Crippen LogP contribution in [0.25, 0.3) is 0 Å². The summed E-state index contributed by atoms with van der Waals surface area (Å²) in [5.74, 6) is 0. The molecule has 1 fully saturated rings. The van der Waals surface area contributed by atoms with Crippen LogP contribution in [-0.4, -0.2) is 26.3 Å². The lowest BCUT2D eigenvalue weighted by atomic mass is 10.1. The maximum Gasteiger partial charge on any atom is 0.417 e. The summed E-state index contributed by atoms with van der Waals surface area (Å²) in [5.41, 5.74) is -0.722. The number of halogens is 3. The number of alkyl halides is 3. The smallest absolute Gasteiger partial charge is 0.383 e. The van der Waals surface area contributed by atoms with Crippen LogP contribution < -0.4 is 4.90 Å². The molecule has 1 saturated carbocycles. The minimum absolute atomic E-state index is 0.277. The molecule has 6 heteroatoms. The van der Waals surface area contributed by atoms with E-state index in [9.17, 15) is 13.2 Å². The quantitative estimate of drug-likeness (QED) is 0.833. The fourth-order valence-corrected chi connectivity index (χ4v) is 2.14. The Morgan fingerprint density at radius 1 is 1.40 bits per heavy atom. The van der Waals surface area contributed by atoms with Gasteiger partial charge in [-0.25, -0.2) is 0 Å². The van der Waals surface area contributed by atoms with Crippen LogP contribution in [0, 0.1) is 11.3 Å². The van der Waals surface area contributed by atoms with E-state index in [4.69, 9.17) is 10.00 Å². The minimum Gasteiger partial charge on any atom is -0.383 e. The molecule has 0 radical (unpaired) electrons. The van der Waals surface area contributed by atoms with Gasteiger partial charge in [0.15, 0.2) is 0 Å². The Morgan fingerprint density at radius 2 is 2.10 bits per heavy atom. The second kappa shape index (κ2) is 5.71.